The Hall–Kier alpha value is -2.18. The average Bonchev–Trinajstić information content (AvgIpc) is 3.23. The molecule has 344 valence electrons. The molecule has 0 heterocycles. The van der Waals surface area contributed by atoms with Gasteiger partial charge in [-0.25, -0.2) is 0 Å². The summed E-state index contributed by atoms with van der Waals surface area (Å²) in [5.74, 6) is -0.516. The summed E-state index contributed by atoms with van der Waals surface area (Å²) < 4.78 is 5.91. The van der Waals surface area contributed by atoms with Gasteiger partial charge in [-0.3, -0.25) is 9.59 Å². The van der Waals surface area contributed by atoms with Crippen LogP contribution in [0.4, 0.5) is 0 Å². The molecule has 0 saturated carbocycles. The van der Waals surface area contributed by atoms with Crippen molar-refractivity contribution >= 4 is 11.9 Å². The lowest BCUT2D eigenvalue weighted by molar-refractivity contribution is -0.151. The van der Waals surface area contributed by atoms with E-state index in [0.717, 1.165) is 89.9 Å². The Morgan fingerprint density at radius 2 is 0.966 bits per heavy atom. The van der Waals surface area contributed by atoms with Crippen molar-refractivity contribution in [2.24, 2.45) is 0 Å². The number of carbonyl (C=O) groups excluding carboxylic acids is 2. The number of carbonyl (C=O) groups is 2. The highest BCUT2D eigenvalue weighted by molar-refractivity contribution is 5.77. The van der Waals surface area contributed by atoms with Crippen molar-refractivity contribution in [1.29, 1.82) is 0 Å². The molecule has 0 saturated heterocycles. The lowest BCUT2D eigenvalue weighted by Gasteiger charge is -2.24. The first-order chi connectivity index (χ1) is 29.0. The van der Waals surface area contributed by atoms with Crippen molar-refractivity contribution in [1.82, 2.24) is 5.32 Å². The zero-order valence-electron chi connectivity index (χ0n) is 39.1. The van der Waals surface area contributed by atoms with Crippen LogP contribution < -0.4 is 5.32 Å². The maximum absolute atomic E-state index is 13.2. The molecular weight excluding hydrogens is 731 g/mol. The van der Waals surface area contributed by atoms with Crippen LogP contribution in [0.2, 0.25) is 0 Å². The third kappa shape index (κ3) is 42.3. The topological polar surface area (TPSA) is 95.9 Å². The molecule has 3 atom stereocenters. The molecule has 0 aliphatic rings. The van der Waals surface area contributed by atoms with Crippen molar-refractivity contribution in [3.05, 3.63) is 48.6 Å². The van der Waals surface area contributed by atoms with Gasteiger partial charge in [0.1, 0.15) is 6.10 Å². The highest BCUT2D eigenvalue weighted by atomic mass is 16.5. The highest BCUT2D eigenvalue weighted by Gasteiger charge is 2.24. The zero-order valence-corrected chi connectivity index (χ0v) is 39.1. The lowest BCUT2D eigenvalue weighted by atomic mass is 10.0. The van der Waals surface area contributed by atoms with Gasteiger partial charge in [0.2, 0.25) is 5.91 Å². The largest absolute Gasteiger partial charge is 0.462 e. The fourth-order valence-corrected chi connectivity index (χ4v) is 7.58. The summed E-state index contributed by atoms with van der Waals surface area (Å²) in [6, 6.07) is -0.710. The van der Waals surface area contributed by atoms with Crippen LogP contribution in [-0.4, -0.2) is 46.9 Å². The Balaban J connectivity index is 4.61. The van der Waals surface area contributed by atoms with Crippen LogP contribution in [0, 0.1) is 0 Å². The summed E-state index contributed by atoms with van der Waals surface area (Å²) in [7, 11) is 0. The molecule has 0 bridgehead atoms. The van der Waals surface area contributed by atoms with Crippen LogP contribution in [0.15, 0.2) is 48.6 Å². The molecule has 6 heteroatoms. The van der Waals surface area contributed by atoms with Crippen LogP contribution >= 0.6 is 0 Å². The molecule has 0 rings (SSSR count). The van der Waals surface area contributed by atoms with E-state index in [2.05, 4.69) is 74.7 Å². The average molecular weight is 828 g/mol. The predicted molar refractivity (Wildman–Crippen MR) is 255 cm³/mol. The summed E-state index contributed by atoms with van der Waals surface area (Å²) in [5, 5.41) is 23.7. The predicted octanol–water partition coefficient (Wildman–Crippen LogP) is 15.1. The normalized spacial score (nSPS) is 13.6. The van der Waals surface area contributed by atoms with Crippen LogP contribution in [0.5, 0.6) is 0 Å². The van der Waals surface area contributed by atoms with E-state index >= 15 is 0 Å². The van der Waals surface area contributed by atoms with E-state index in [1.54, 1.807) is 0 Å². The second kappa shape index (κ2) is 46.9. The quantitative estimate of drug-likeness (QED) is 0.0246. The fourth-order valence-electron chi connectivity index (χ4n) is 7.58. The Kier molecular flexibility index (Phi) is 45.1. The SMILES string of the molecule is CC/C=C/C/C=C/CCCCCCCC(CC(=O)NC(CO)C(O)CCCCCCCCCCCCCC)OC(=O)CCCCC/C=C/C=C/CCCCCCCCC. The zero-order chi connectivity index (χ0) is 43.1. The van der Waals surface area contributed by atoms with E-state index in [0.29, 0.717) is 19.3 Å². The molecule has 3 unspecified atom stereocenters. The van der Waals surface area contributed by atoms with Crippen molar-refractivity contribution in [2.75, 3.05) is 6.61 Å². The van der Waals surface area contributed by atoms with Gasteiger partial charge in [-0.05, 0) is 77.0 Å². The van der Waals surface area contributed by atoms with Gasteiger partial charge in [0, 0.05) is 6.42 Å². The van der Waals surface area contributed by atoms with Gasteiger partial charge in [0.15, 0.2) is 0 Å². The second-order valence-electron chi connectivity index (χ2n) is 17.2. The van der Waals surface area contributed by atoms with Crippen LogP contribution in [0.3, 0.4) is 0 Å². The summed E-state index contributed by atoms with van der Waals surface area (Å²) >= 11 is 0. The van der Waals surface area contributed by atoms with Gasteiger partial charge in [0.05, 0.1) is 25.2 Å². The number of allylic oxidation sites excluding steroid dienone is 8. The number of aliphatic hydroxyl groups is 2. The number of aliphatic hydroxyl groups excluding tert-OH is 2. The van der Waals surface area contributed by atoms with E-state index in [1.165, 1.54) is 116 Å². The summed E-state index contributed by atoms with van der Waals surface area (Å²) in [4.78, 5) is 26.1. The molecule has 0 aromatic rings. The number of ether oxygens (including phenoxy) is 1. The number of esters is 1. The third-order valence-electron chi connectivity index (χ3n) is 11.4. The standard InChI is InChI=1S/C53H97NO5/c1-4-7-10-13-16-19-22-25-26-27-28-31-34-37-40-43-46-53(58)59-49(44-41-38-35-32-29-23-20-17-14-11-8-5-2)47-52(57)54-50(48-55)51(56)45-42-39-36-33-30-24-21-18-15-12-9-6-3/h8,11,17,20,26-28,31,49-51,55-56H,4-7,9-10,12-16,18-19,21-25,29-30,32-48H2,1-3H3,(H,54,57)/b11-8+,20-17+,27-26+,31-28+. The van der Waals surface area contributed by atoms with Gasteiger partial charge in [-0.15, -0.1) is 0 Å². The van der Waals surface area contributed by atoms with Crippen LogP contribution in [-0.2, 0) is 14.3 Å². The first-order valence-electron chi connectivity index (χ1n) is 25.4. The van der Waals surface area contributed by atoms with Gasteiger partial charge in [-0.2, -0.15) is 0 Å². The first kappa shape index (κ1) is 56.8. The Bertz CT molecular complexity index is 1020. The molecular formula is C53H97NO5. The van der Waals surface area contributed by atoms with Crippen molar-refractivity contribution in [2.45, 2.75) is 270 Å². The smallest absolute Gasteiger partial charge is 0.306 e. The molecule has 0 fully saturated rings. The van der Waals surface area contributed by atoms with Crippen LogP contribution in [0.1, 0.15) is 252 Å². The van der Waals surface area contributed by atoms with Crippen molar-refractivity contribution < 1.29 is 24.5 Å². The van der Waals surface area contributed by atoms with E-state index < -0.39 is 18.2 Å². The van der Waals surface area contributed by atoms with E-state index in [4.69, 9.17) is 4.74 Å². The molecule has 0 aromatic carbocycles. The molecule has 0 aliphatic carbocycles. The monoisotopic (exact) mass is 828 g/mol. The Labute approximate surface area is 366 Å². The van der Waals surface area contributed by atoms with Gasteiger partial charge >= 0.3 is 5.97 Å². The maximum atomic E-state index is 13.2. The number of hydrogen-bond acceptors (Lipinski definition) is 5. The Morgan fingerprint density at radius 1 is 0.525 bits per heavy atom. The summed E-state index contributed by atoms with van der Waals surface area (Å²) in [6.07, 6.45) is 56.0. The van der Waals surface area contributed by atoms with Gasteiger partial charge < -0.3 is 20.3 Å². The van der Waals surface area contributed by atoms with Crippen molar-refractivity contribution in [3.63, 3.8) is 0 Å². The molecule has 0 aromatic heterocycles. The minimum atomic E-state index is -0.795. The molecule has 59 heavy (non-hydrogen) atoms. The minimum absolute atomic E-state index is 0.0576. The van der Waals surface area contributed by atoms with Gasteiger partial charge in [-0.1, -0.05) is 211 Å². The third-order valence-corrected chi connectivity index (χ3v) is 11.4. The molecule has 0 radical (unpaired) electrons. The lowest BCUT2D eigenvalue weighted by Crippen LogP contribution is -2.46. The number of amides is 1. The number of rotatable bonds is 45. The number of unbranched alkanes of at least 4 members (excludes halogenated alkanes) is 26. The summed E-state index contributed by atoms with van der Waals surface area (Å²) in [5.41, 5.74) is 0. The van der Waals surface area contributed by atoms with Gasteiger partial charge in [0.25, 0.3) is 0 Å². The minimum Gasteiger partial charge on any atom is -0.462 e. The molecule has 3 N–H and O–H groups in total. The second-order valence-corrected chi connectivity index (χ2v) is 17.2. The Morgan fingerprint density at radius 3 is 1.47 bits per heavy atom. The molecule has 0 aliphatic heterocycles. The summed E-state index contributed by atoms with van der Waals surface area (Å²) in [6.45, 7) is 6.36. The van der Waals surface area contributed by atoms with E-state index in [9.17, 15) is 19.8 Å². The van der Waals surface area contributed by atoms with E-state index in [-0.39, 0.29) is 24.9 Å². The molecule has 0 spiro atoms. The first-order valence-corrected chi connectivity index (χ1v) is 25.4. The molecule has 6 nitrogen and oxygen atoms in total. The van der Waals surface area contributed by atoms with Crippen LogP contribution in [0.25, 0.3) is 0 Å². The number of nitrogens with one attached hydrogen (secondary N) is 1. The number of hydrogen-bond donors (Lipinski definition) is 3. The fraction of sp³-hybridized carbons (Fsp3) is 0.811. The van der Waals surface area contributed by atoms with E-state index in [1.807, 2.05) is 0 Å². The van der Waals surface area contributed by atoms with Crippen molar-refractivity contribution in [3.8, 4) is 0 Å². The maximum Gasteiger partial charge on any atom is 0.306 e. The molecule has 1 amide bonds. The highest BCUT2D eigenvalue weighted by Crippen LogP contribution is 2.17.